The molecule has 0 amide bonds. The van der Waals surface area contributed by atoms with E-state index in [1.807, 2.05) is 158 Å². The number of alkyl halides is 4. The molecule has 2 aliphatic heterocycles. The van der Waals surface area contributed by atoms with Crippen molar-refractivity contribution < 1.29 is 80.8 Å². The van der Waals surface area contributed by atoms with Crippen LogP contribution in [-0.4, -0.2) is 12.6 Å². The van der Waals surface area contributed by atoms with E-state index < -0.39 is 28.4 Å². The van der Waals surface area contributed by atoms with E-state index in [1.165, 1.54) is 12.1 Å². The normalized spacial score (nSPS) is 13.6. The number of hydrogen-bond acceptors (Lipinski definition) is 4. The minimum atomic E-state index is -3.99. The molecule has 4 nitrogen and oxygen atoms in total. The van der Waals surface area contributed by atoms with Crippen LogP contribution in [0.2, 0.25) is 0 Å². The van der Waals surface area contributed by atoms with Crippen molar-refractivity contribution in [2.24, 2.45) is 0 Å². The molecule has 0 radical (unpaired) electrons. The Morgan fingerprint density at radius 3 is 0.842 bits per heavy atom. The first kappa shape index (κ1) is 43.6. The third kappa shape index (κ3) is 9.47. The third-order valence-corrected chi connectivity index (χ3v) is 13.5. The number of fused-ring (bicyclic) bond motifs is 2. The maximum Gasteiger partial charge on any atom is 2.00 e. The Morgan fingerprint density at radius 2 is 0.579 bits per heavy atom. The summed E-state index contributed by atoms with van der Waals surface area (Å²) in [4.78, 5) is 0. The van der Waals surface area contributed by atoms with Crippen molar-refractivity contribution in [2.45, 2.75) is 12.6 Å². The number of halogens is 6. The first-order chi connectivity index (χ1) is 26.3. The number of benzene rings is 7. The van der Waals surface area contributed by atoms with Crippen molar-refractivity contribution in [3.05, 3.63) is 182 Å². The van der Waals surface area contributed by atoms with Crippen LogP contribution in [0.1, 0.15) is 0 Å². The van der Waals surface area contributed by atoms with Crippen molar-refractivity contribution in [1.29, 1.82) is 0 Å². The van der Waals surface area contributed by atoms with Crippen molar-refractivity contribution in [3.8, 4) is 34.1 Å². The molecule has 7 aromatic rings. The fraction of sp³-hybridized carbons (Fsp3) is 0.0455. The minimum absolute atomic E-state index is 0. The second kappa shape index (κ2) is 18.9. The Labute approximate surface area is 355 Å². The Morgan fingerprint density at radius 1 is 0.333 bits per heavy atom. The van der Waals surface area contributed by atoms with Crippen LogP contribution in [0.25, 0.3) is 11.1 Å². The Balaban J connectivity index is 0.000000633. The van der Waals surface area contributed by atoms with Gasteiger partial charge in [-0.25, -0.2) is 0 Å². The molecule has 0 spiro atoms. The molecular formula is C44H30Cl2F4O4P2Ru. The van der Waals surface area contributed by atoms with E-state index >= 15 is 0 Å². The zero-order valence-electron chi connectivity index (χ0n) is 29.5. The summed E-state index contributed by atoms with van der Waals surface area (Å²) in [5.41, 5.74) is 0.354. The van der Waals surface area contributed by atoms with Crippen molar-refractivity contribution in [1.82, 2.24) is 0 Å². The predicted octanol–water partition coefficient (Wildman–Crippen LogP) is 3.21. The molecule has 0 aliphatic carbocycles. The Hall–Kier alpha value is -4.48. The molecule has 7 aromatic carbocycles. The zero-order valence-corrected chi connectivity index (χ0v) is 34.5. The molecule has 0 aromatic heterocycles. The first-order valence-corrected chi connectivity index (χ1v) is 19.6. The molecule has 2 aliphatic rings. The summed E-state index contributed by atoms with van der Waals surface area (Å²) in [6.07, 6.45) is -7.97. The third-order valence-electron chi connectivity index (χ3n) is 8.55. The molecule has 2 heterocycles. The van der Waals surface area contributed by atoms with E-state index in [0.29, 0.717) is 10.6 Å². The van der Waals surface area contributed by atoms with E-state index in [0.717, 1.165) is 21.2 Å². The van der Waals surface area contributed by atoms with Crippen molar-refractivity contribution >= 4 is 47.7 Å². The summed E-state index contributed by atoms with van der Waals surface area (Å²) in [5, 5.41) is 4.83. The van der Waals surface area contributed by atoms with Crippen LogP contribution < -0.4 is 75.6 Å². The predicted molar refractivity (Wildman–Crippen MR) is 208 cm³/mol. The summed E-state index contributed by atoms with van der Waals surface area (Å²) >= 11 is 0. The molecule has 13 heteroatoms. The quantitative estimate of drug-likeness (QED) is 0.140. The van der Waals surface area contributed by atoms with Crippen LogP contribution in [0.5, 0.6) is 23.0 Å². The van der Waals surface area contributed by atoms with Gasteiger partial charge in [0, 0.05) is 11.1 Å². The molecule has 0 saturated carbocycles. The average molecular weight is 933 g/mol. The Bertz CT molecular complexity index is 2110. The molecule has 0 unspecified atom stereocenters. The summed E-state index contributed by atoms with van der Waals surface area (Å²) in [7, 11) is -2.91. The van der Waals surface area contributed by atoms with Gasteiger partial charge in [0.2, 0.25) is 0 Å². The van der Waals surface area contributed by atoms with Gasteiger partial charge in [0.05, 0.1) is 0 Å². The van der Waals surface area contributed by atoms with Crippen molar-refractivity contribution in [2.75, 3.05) is 0 Å². The number of ether oxygens (including phenoxy) is 4. The monoisotopic (exact) mass is 932 g/mol. The van der Waals surface area contributed by atoms with E-state index in [9.17, 15) is 17.6 Å². The van der Waals surface area contributed by atoms with Crippen LogP contribution >= 0.6 is 15.8 Å². The molecule has 0 atom stereocenters. The van der Waals surface area contributed by atoms with Gasteiger partial charge in [-0.1, -0.05) is 158 Å². The smallest absolute Gasteiger partial charge is 1.00 e. The van der Waals surface area contributed by atoms with Crippen LogP contribution in [0, 0.1) is 0 Å². The molecule has 0 fully saturated rings. The van der Waals surface area contributed by atoms with E-state index in [-0.39, 0.29) is 78.4 Å². The number of hydrogen-bond donors (Lipinski definition) is 0. The molecule has 290 valence electrons. The van der Waals surface area contributed by atoms with Gasteiger partial charge in [0.1, 0.15) is 0 Å². The standard InChI is InChI=1S/C38H24F4O4P2.C6H6.2ClH.Ru/c39-37(40)43-29-21-23-31(47(25-13-5-1-6-14-25)26-15-7-2-8-16-26)33(35(29)45-37)34-32(24-22-30-36(34)46-38(41,42)44-30)48(27-17-9-3-10-18-27)28-19-11-4-12-20-28;1-2-4-6-5-3-1;;;/h1-24H;1-6H;2*1H;/q;;;;+2/p-2. The second-order valence-corrected chi connectivity index (χ2v) is 16.4. The topological polar surface area (TPSA) is 36.9 Å². The fourth-order valence-electron chi connectivity index (χ4n) is 6.41. The van der Waals surface area contributed by atoms with Gasteiger partial charge >= 0.3 is 32.1 Å². The van der Waals surface area contributed by atoms with Gasteiger partial charge in [0.25, 0.3) is 0 Å². The first-order valence-electron chi connectivity index (χ1n) is 16.9. The van der Waals surface area contributed by atoms with Gasteiger partial charge in [0.15, 0.2) is 23.0 Å². The minimum Gasteiger partial charge on any atom is -1.00 e. The zero-order chi connectivity index (χ0) is 37.1. The summed E-state index contributed by atoms with van der Waals surface area (Å²) in [6.45, 7) is 0. The maximum atomic E-state index is 15.0. The SMILES string of the molecule is FC1(F)Oc2ccc(P(c3ccccc3)c3ccccc3)c(-c3c(P(c4ccccc4)c4ccccc4)ccc4c3OC(F)(F)O4)c2O1.[Cl-].[Cl-].[Ru+2].c1ccccc1. The van der Waals surface area contributed by atoms with Gasteiger partial charge in [-0.15, -0.1) is 17.6 Å². The van der Waals surface area contributed by atoms with E-state index in [1.54, 1.807) is 12.1 Å². The van der Waals surface area contributed by atoms with Gasteiger partial charge in [-0.05, 0) is 71.9 Å². The summed E-state index contributed by atoms with van der Waals surface area (Å²) < 4.78 is 80.4. The Kier molecular flexibility index (Phi) is 14.4. The molecule has 57 heavy (non-hydrogen) atoms. The second-order valence-electron chi connectivity index (χ2n) is 12.1. The van der Waals surface area contributed by atoms with Gasteiger partial charge in [-0.3, -0.25) is 0 Å². The molecular weight excluding hydrogens is 902 g/mol. The molecule has 0 saturated heterocycles. The molecule has 9 rings (SSSR count). The fourth-order valence-corrected chi connectivity index (χ4v) is 11.3. The molecule has 0 bridgehead atoms. The van der Waals surface area contributed by atoms with Gasteiger partial charge < -0.3 is 43.8 Å². The number of rotatable bonds is 7. The van der Waals surface area contributed by atoms with E-state index in [4.69, 9.17) is 18.9 Å². The average Bonchev–Trinajstić information content (AvgIpc) is 3.70. The van der Waals surface area contributed by atoms with Crippen LogP contribution in [0.15, 0.2) is 182 Å². The van der Waals surface area contributed by atoms with Crippen LogP contribution in [0.3, 0.4) is 0 Å². The van der Waals surface area contributed by atoms with E-state index in [2.05, 4.69) is 0 Å². The molecule has 0 N–H and O–H groups in total. The summed E-state index contributed by atoms with van der Waals surface area (Å²) in [5.74, 6) is -0.955. The summed E-state index contributed by atoms with van der Waals surface area (Å²) in [6, 6.07) is 56.9. The largest absolute Gasteiger partial charge is 2.00 e. The van der Waals surface area contributed by atoms with Gasteiger partial charge in [-0.2, -0.15) is 0 Å². The van der Waals surface area contributed by atoms with Crippen molar-refractivity contribution in [3.63, 3.8) is 0 Å². The van der Waals surface area contributed by atoms with Crippen LogP contribution in [0.4, 0.5) is 17.6 Å². The van der Waals surface area contributed by atoms with Crippen LogP contribution in [-0.2, 0) is 19.5 Å². The maximum absolute atomic E-state index is 15.0.